The fourth-order valence-corrected chi connectivity index (χ4v) is 1.53. The highest BCUT2D eigenvalue weighted by atomic mass is 16.6. The smallest absolute Gasteiger partial charge is 0.382 e. The predicted octanol–water partition coefficient (Wildman–Crippen LogP) is 0.813. The first-order chi connectivity index (χ1) is 7.88. The Labute approximate surface area is 101 Å². The van der Waals surface area contributed by atoms with Crippen molar-refractivity contribution in [1.29, 1.82) is 0 Å². The number of hydrogen-bond acceptors (Lipinski definition) is 5. The van der Waals surface area contributed by atoms with E-state index < -0.39 is 29.2 Å². The van der Waals surface area contributed by atoms with Gasteiger partial charge in [-0.2, -0.15) is 0 Å². The van der Waals surface area contributed by atoms with Gasteiger partial charge in [0.2, 0.25) is 5.78 Å². The number of Topliss-reactive ketones (excluding diaryl/α,β-unsaturated/α-hetero) is 1. The Morgan fingerprint density at radius 1 is 1.35 bits per heavy atom. The summed E-state index contributed by atoms with van der Waals surface area (Å²) in [5, 5.41) is 2.92. The van der Waals surface area contributed by atoms with Crippen molar-refractivity contribution in [2.45, 2.75) is 46.1 Å². The molecule has 5 heteroatoms. The van der Waals surface area contributed by atoms with Gasteiger partial charge in [-0.05, 0) is 25.8 Å². The number of rotatable bonds is 4. The minimum absolute atomic E-state index is 0.448. The Morgan fingerprint density at radius 2 is 2.00 bits per heavy atom. The van der Waals surface area contributed by atoms with Gasteiger partial charge in [-0.3, -0.25) is 4.79 Å². The zero-order chi connectivity index (χ0) is 13.1. The summed E-state index contributed by atoms with van der Waals surface area (Å²) in [6.45, 7) is 5.87. The van der Waals surface area contributed by atoms with E-state index in [2.05, 4.69) is 10.1 Å². The van der Waals surface area contributed by atoms with Crippen molar-refractivity contribution in [3.05, 3.63) is 0 Å². The Morgan fingerprint density at radius 3 is 2.47 bits per heavy atom. The second-order valence-corrected chi connectivity index (χ2v) is 4.92. The Kier molecular flexibility index (Phi) is 4.40. The van der Waals surface area contributed by atoms with Crippen LogP contribution in [-0.4, -0.2) is 30.3 Å². The molecule has 96 valence electrons. The predicted molar refractivity (Wildman–Crippen MR) is 61.2 cm³/mol. The van der Waals surface area contributed by atoms with Gasteiger partial charge in [0, 0.05) is 5.41 Å². The third-order valence-corrected chi connectivity index (χ3v) is 3.22. The van der Waals surface area contributed by atoms with Crippen molar-refractivity contribution in [3.8, 4) is 0 Å². The molecule has 1 rings (SSSR count). The highest BCUT2D eigenvalue weighted by Gasteiger charge is 2.35. The van der Waals surface area contributed by atoms with Crippen molar-refractivity contribution in [2.75, 3.05) is 6.54 Å². The largest absolute Gasteiger partial charge is 0.386 e. The summed E-state index contributed by atoms with van der Waals surface area (Å²) >= 11 is 0. The molecule has 0 unspecified atom stereocenters. The van der Waals surface area contributed by atoms with E-state index in [1.807, 2.05) is 6.92 Å². The van der Waals surface area contributed by atoms with Gasteiger partial charge in [0.25, 0.3) is 0 Å². The van der Waals surface area contributed by atoms with Gasteiger partial charge in [-0.1, -0.05) is 20.8 Å². The molecule has 0 aliphatic carbocycles. The summed E-state index contributed by atoms with van der Waals surface area (Å²) in [4.78, 5) is 34.7. The first-order valence-electron chi connectivity index (χ1n) is 5.92. The average Bonchev–Trinajstić information content (AvgIpc) is 2.81. The topological polar surface area (TPSA) is 72.5 Å². The fraction of sp³-hybridized carbons (Fsp3) is 0.750. The fourth-order valence-electron chi connectivity index (χ4n) is 1.53. The van der Waals surface area contributed by atoms with Crippen LogP contribution in [0.2, 0.25) is 0 Å². The molecule has 1 N–H and O–H groups in total. The van der Waals surface area contributed by atoms with Gasteiger partial charge in [0.05, 0.1) is 0 Å². The molecule has 1 heterocycles. The van der Waals surface area contributed by atoms with E-state index in [1.54, 1.807) is 13.8 Å². The van der Waals surface area contributed by atoms with Crippen LogP contribution in [-0.2, 0) is 19.1 Å². The molecule has 1 saturated heterocycles. The second-order valence-electron chi connectivity index (χ2n) is 4.92. The van der Waals surface area contributed by atoms with Gasteiger partial charge in [0.1, 0.15) is 6.04 Å². The van der Waals surface area contributed by atoms with Gasteiger partial charge < -0.3 is 10.1 Å². The van der Waals surface area contributed by atoms with E-state index in [9.17, 15) is 14.4 Å². The summed E-state index contributed by atoms with van der Waals surface area (Å²) in [5.41, 5.74) is -0.777. The lowest BCUT2D eigenvalue weighted by Crippen LogP contribution is -2.38. The van der Waals surface area contributed by atoms with E-state index >= 15 is 0 Å². The van der Waals surface area contributed by atoms with E-state index in [-0.39, 0.29) is 0 Å². The molecule has 0 radical (unpaired) electrons. The zero-order valence-corrected chi connectivity index (χ0v) is 10.5. The third-order valence-electron chi connectivity index (χ3n) is 3.22. The maximum Gasteiger partial charge on any atom is 0.382 e. The molecule has 1 atom stereocenters. The summed E-state index contributed by atoms with van der Waals surface area (Å²) in [7, 11) is 0. The molecule has 17 heavy (non-hydrogen) atoms. The molecular formula is C12H19NO4. The number of carbonyl (C=O) groups excluding carboxylic acids is 3. The van der Waals surface area contributed by atoms with Gasteiger partial charge in [-0.15, -0.1) is 0 Å². The molecule has 1 aliphatic heterocycles. The lowest BCUT2D eigenvalue weighted by Gasteiger charge is -2.19. The number of carbonyl (C=O) groups is 3. The van der Waals surface area contributed by atoms with Crippen LogP contribution in [0.5, 0.6) is 0 Å². The lowest BCUT2D eigenvalue weighted by molar-refractivity contribution is -0.167. The van der Waals surface area contributed by atoms with Crippen LogP contribution in [0.15, 0.2) is 0 Å². The molecule has 0 spiro atoms. The van der Waals surface area contributed by atoms with Crippen LogP contribution in [0, 0.1) is 5.41 Å². The Balaban J connectivity index is 2.54. The molecule has 0 saturated carbocycles. The SMILES string of the molecule is CCC(C)(C)C(=O)C(=O)OC(=O)[C@@H]1CCCN1. The van der Waals surface area contributed by atoms with Crippen LogP contribution in [0.4, 0.5) is 0 Å². The van der Waals surface area contributed by atoms with E-state index in [4.69, 9.17) is 0 Å². The number of ether oxygens (including phenoxy) is 1. The first kappa shape index (κ1) is 13.8. The quantitative estimate of drug-likeness (QED) is 0.448. The molecular weight excluding hydrogens is 222 g/mol. The minimum Gasteiger partial charge on any atom is -0.386 e. The summed E-state index contributed by atoms with van der Waals surface area (Å²) in [5.74, 6) is -2.34. The summed E-state index contributed by atoms with van der Waals surface area (Å²) in [6, 6.07) is -0.448. The lowest BCUT2D eigenvalue weighted by atomic mass is 9.85. The van der Waals surface area contributed by atoms with Gasteiger partial charge in [-0.25, -0.2) is 9.59 Å². The van der Waals surface area contributed by atoms with E-state index in [1.165, 1.54) is 0 Å². The van der Waals surface area contributed by atoms with E-state index in [0.29, 0.717) is 12.8 Å². The molecule has 0 aromatic rings. The number of ketones is 1. The molecule has 0 aromatic carbocycles. The number of esters is 2. The summed E-state index contributed by atoms with van der Waals surface area (Å²) < 4.78 is 4.59. The molecule has 0 bridgehead atoms. The van der Waals surface area contributed by atoms with Crippen LogP contribution in [0.25, 0.3) is 0 Å². The highest BCUT2D eigenvalue weighted by molar-refractivity contribution is 6.37. The normalized spacial score (nSPS) is 20.1. The third kappa shape index (κ3) is 3.36. The van der Waals surface area contributed by atoms with Crippen LogP contribution >= 0.6 is 0 Å². The maximum absolute atomic E-state index is 11.7. The van der Waals surface area contributed by atoms with Crippen LogP contribution in [0.1, 0.15) is 40.0 Å². The van der Waals surface area contributed by atoms with Crippen molar-refractivity contribution in [2.24, 2.45) is 5.41 Å². The molecule has 0 aromatic heterocycles. The minimum atomic E-state index is -1.05. The average molecular weight is 241 g/mol. The van der Waals surface area contributed by atoms with Gasteiger partial charge >= 0.3 is 11.9 Å². The summed E-state index contributed by atoms with van der Waals surface area (Å²) in [6.07, 6.45) is 2.05. The molecule has 1 fully saturated rings. The molecule has 5 nitrogen and oxygen atoms in total. The van der Waals surface area contributed by atoms with Crippen LogP contribution in [0.3, 0.4) is 0 Å². The van der Waals surface area contributed by atoms with Crippen molar-refractivity contribution in [3.63, 3.8) is 0 Å². The second kappa shape index (κ2) is 5.40. The van der Waals surface area contributed by atoms with E-state index in [0.717, 1.165) is 13.0 Å². The van der Waals surface area contributed by atoms with Crippen molar-refractivity contribution >= 4 is 17.7 Å². The van der Waals surface area contributed by atoms with Crippen LogP contribution < -0.4 is 5.32 Å². The maximum atomic E-state index is 11.7. The Hall–Kier alpha value is -1.23. The van der Waals surface area contributed by atoms with Gasteiger partial charge in [0.15, 0.2) is 0 Å². The number of hydrogen-bond donors (Lipinski definition) is 1. The molecule has 1 aliphatic rings. The standard InChI is InChI=1S/C12H19NO4/c1-4-12(2,3)9(14)11(16)17-10(15)8-6-5-7-13-8/h8,13H,4-7H2,1-3H3/t8-/m0/s1. The highest BCUT2D eigenvalue weighted by Crippen LogP contribution is 2.21. The Bertz CT molecular complexity index is 329. The van der Waals surface area contributed by atoms with Crippen molar-refractivity contribution in [1.82, 2.24) is 5.32 Å². The molecule has 0 amide bonds. The zero-order valence-electron chi connectivity index (χ0n) is 10.5. The number of nitrogens with one attached hydrogen (secondary N) is 1. The monoisotopic (exact) mass is 241 g/mol. The van der Waals surface area contributed by atoms with Crippen molar-refractivity contribution < 1.29 is 19.1 Å². The first-order valence-corrected chi connectivity index (χ1v) is 5.92.